The van der Waals surface area contributed by atoms with Gasteiger partial charge in [0.15, 0.2) is 0 Å². The van der Waals surface area contributed by atoms with Crippen molar-refractivity contribution in [2.24, 2.45) is 5.73 Å². The van der Waals surface area contributed by atoms with Crippen molar-refractivity contribution >= 4 is 11.9 Å². The molecule has 0 saturated carbocycles. The molecule has 6 heteroatoms. The Morgan fingerprint density at radius 2 is 1.74 bits per heavy atom. The fourth-order valence-corrected chi connectivity index (χ4v) is 2.49. The van der Waals surface area contributed by atoms with Crippen molar-refractivity contribution in [2.75, 3.05) is 5.73 Å². The van der Waals surface area contributed by atoms with Gasteiger partial charge in [-0.05, 0) is 36.1 Å². The van der Waals surface area contributed by atoms with E-state index >= 15 is 0 Å². The maximum atomic E-state index is 10.9. The molecule has 5 N–H and O–H groups in total. The van der Waals surface area contributed by atoms with E-state index in [1.165, 1.54) is 0 Å². The molecule has 6 nitrogen and oxygen atoms in total. The van der Waals surface area contributed by atoms with Crippen molar-refractivity contribution in [3.8, 4) is 23.1 Å². The summed E-state index contributed by atoms with van der Waals surface area (Å²) in [6.45, 7) is 0. The first-order valence-corrected chi connectivity index (χ1v) is 8.30. The number of nitrogens with two attached hydrogens (primary N) is 2. The maximum Gasteiger partial charge on any atom is 0.320 e. The third-order valence-electron chi connectivity index (χ3n) is 3.87. The molecule has 0 aliphatic heterocycles. The number of carboxylic acid groups (broad SMARTS) is 1. The Balaban J connectivity index is 1.84. The van der Waals surface area contributed by atoms with Crippen LogP contribution in [0.5, 0.6) is 0 Å². The van der Waals surface area contributed by atoms with Crippen LogP contribution in [0.15, 0.2) is 60.7 Å². The topological polar surface area (TPSA) is 115 Å². The van der Waals surface area contributed by atoms with Crippen molar-refractivity contribution in [3.05, 3.63) is 77.5 Å². The summed E-state index contributed by atoms with van der Waals surface area (Å²) in [6, 6.07) is 17.8. The highest BCUT2D eigenvalue weighted by Gasteiger charge is 2.12. The van der Waals surface area contributed by atoms with Crippen LogP contribution in [0.25, 0.3) is 11.3 Å². The SMILES string of the molecule is Nc1nc(C#Cc2ccccc2)cc(-c2ccc(CC(N)C(=O)O)cc2)n1. The standard InChI is InChI=1S/C21H18N4O2/c22-18(20(26)27)12-15-6-9-16(10-7-15)19-13-17(24-21(23)25-19)11-8-14-4-2-1-3-5-14/h1-7,9-10,13,18H,12,22H2,(H,26,27)(H2,23,24,25). The number of hydrogen-bond acceptors (Lipinski definition) is 5. The molecule has 1 heterocycles. The second-order valence-corrected chi connectivity index (χ2v) is 5.96. The van der Waals surface area contributed by atoms with Crippen molar-refractivity contribution in [3.63, 3.8) is 0 Å². The minimum atomic E-state index is -1.02. The van der Waals surface area contributed by atoms with E-state index < -0.39 is 12.0 Å². The van der Waals surface area contributed by atoms with Crippen molar-refractivity contribution in [2.45, 2.75) is 12.5 Å². The summed E-state index contributed by atoms with van der Waals surface area (Å²) in [5, 5.41) is 8.90. The lowest BCUT2D eigenvalue weighted by Crippen LogP contribution is -2.32. The molecule has 0 amide bonds. The number of anilines is 1. The van der Waals surface area contributed by atoms with E-state index in [9.17, 15) is 4.79 Å². The van der Waals surface area contributed by atoms with E-state index in [2.05, 4.69) is 21.8 Å². The van der Waals surface area contributed by atoms with E-state index in [0.29, 0.717) is 11.4 Å². The molecule has 1 atom stereocenters. The molecule has 1 aromatic heterocycles. The average molecular weight is 358 g/mol. The Morgan fingerprint density at radius 3 is 2.41 bits per heavy atom. The highest BCUT2D eigenvalue weighted by molar-refractivity contribution is 5.73. The number of rotatable bonds is 4. The third kappa shape index (κ3) is 4.91. The number of hydrogen-bond donors (Lipinski definition) is 3. The third-order valence-corrected chi connectivity index (χ3v) is 3.87. The van der Waals surface area contributed by atoms with Crippen molar-refractivity contribution in [1.29, 1.82) is 0 Å². The Morgan fingerprint density at radius 1 is 1.04 bits per heavy atom. The number of carbonyl (C=O) groups is 1. The van der Waals surface area contributed by atoms with Gasteiger partial charge in [-0.2, -0.15) is 0 Å². The number of nitrogen functional groups attached to an aromatic ring is 1. The monoisotopic (exact) mass is 358 g/mol. The quantitative estimate of drug-likeness (QED) is 0.615. The summed E-state index contributed by atoms with van der Waals surface area (Å²) in [7, 11) is 0. The molecule has 0 aliphatic carbocycles. The van der Waals surface area contributed by atoms with Gasteiger partial charge in [0.05, 0.1) is 5.69 Å². The first-order valence-electron chi connectivity index (χ1n) is 8.30. The van der Waals surface area contributed by atoms with Gasteiger partial charge >= 0.3 is 5.97 Å². The predicted molar refractivity (Wildman–Crippen MR) is 104 cm³/mol. The summed E-state index contributed by atoms with van der Waals surface area (Å²) in [4.78, 5) is 19.3. The van der Waals surface area contributed by atoms with Gasteiger partial charge in [-0.1, -0.05) is 48.4 Å². The molecule has 0 bridgehead atoms. The van der Waals surface area contributed by atoms with Gasteiger partial charge in [-0.25, -0.2) is 9.97 Å². The predicted octanol–water partition coefficient (Wildman–Crippen LogP) is 2.08. The number of aromatic nitrogens is 2. The molecule has 0 radical (unpaired) electrons. The summed E-state index contributed by atoms with van der Waals surface area (Å²) in [5.74, 6) is 5.16. The summed E-state index contributed by atoms with van der Waals surface area (Å²) >= 11 is 0. The fraction of sp³-hybridized carbons (Fsp3) is 0.0952. The molecular formula is C21H18N4O2. The molecule has 2 aromatic carbocycles. The summed E-state index contributed by atoms with van der Waals surface area (Å²) in [6.07, 6.45) is 0.259. The molecule has 0 aliphatic rings. The van der Waals surface area contributed by atoms with E-state index in [-0.39, 0.29) is 12.4 Å². The molecule has 27 heavy (non-hydrogen) atoms. The van der Waals surface area contributed by atoms with Gasteiger partial charge in [-0.3, -0.25) is 4.79 Å². The summed E-state index contributed by atoms with van der Waals surface area (Å²) in [5.41, 5.74) is 15.1. The Labute approximate surface area is 156 Å². The molecule has 0 saturated heterocycles. The Bertz CT molecular complexity index is 1010. The van der Waals surface area contributed by atoms with Gasteiger partial charge in [0, 0.05) is 11.1 Å². The van der Waals surface area contributed by atoms with Crippen molar-refractivity contribution in [1.82, 2.24) is 9.97 Å². The van der Waals surface area contributed by atoms with Gasteiger partial charge in [0.2, 0.25) is 5.95 Å². The second-order valence-electron chi connectivity index (χ2n) is 5.96. The lowest BCUT2D eigenvalue weighted by atomic mass is 10.0. The van der Waals surface area contributed by atoms with Crippen LogP contribution >= 0.6 is 0 Å². The normalized spacial score (nSPS) is 11.3. The van der Waals surface area contributed by atoms with Gasteiger partial charge in [0.25, 0.3) is 0 Å². The van der Waals surface area contributed by atoms with Crippen LogP contribution in [-0.4, -0.2) is 27.1 Å². The van der Waals surface area contributed by atoms with E-state index in [4.69, 9.17) is 16.6 Å². The first kappa shape index (κ1) is 18.1. The molecule has 134 valence electrons. The van der Waals surface area contributed by atoms with Crippen LogP contribution < -0.4 is 11.5 Å². The minimum absolute atomic E-state index is 0.141. The molecule has 0 spiro atoms. The zero-order valence-electron chi connectivity index (χ0n) is 14.5. The molecule has 1 unspecified atom stereocenters. The van der Waals surface area contributed by atoms with Crippen LogP contribution in [0.3, 0.4) is 0 Å². The number of nitrogens with zero attached hydrogens (tertiary/aromatic N) is 2. The fourth-order valence-electron chi connectivity index (χ4n) is 2.49. The van der Waals surface area contributed by atoms with E-state index in [0.717, 1.165) is 16.7 Å². The lowest BCUT2D eigenvalue weighted by molar-refractivity contribution is -0.138. The van der Waals surface area contributed by atoms with E-state index in [1.54, 1.807) is 6.07 Å². The second kappa shape index (κ2) is 8.13. The molecule has 0 fully saturated rings. The van der Waals surface area contributed by atoms with Crippen LogP contribution in [0, 0.1) is 11.8 Å². The number of carboxylic acids is 1. The van der Waals surface area contributed by atoms with Gasteiger partial charge in [0.1, 0.15) is 11.7 Å². The van der Waals surface area contributed by atoms with Crippen LogP contribution in [0.2, 0.25) is 0 Å². The maximum absolute atomic E-state index is 10.9. The van der Waals surface area contributed by atoms with Crippen molar-refractivity contribution < 1.29 is 9.90 Å². The van der Waals surface area contributed by atoms with Crippen LogP contribution in [-0.2, 0) is 11.2 Å². The number of benzene rings is 2. The lowest BCUT2D eigenvalue weighted by Gasteiger charge is -2.08. The van der Waals surface area contributed by atoms with Gasteiger partial charge in [-0.15, -0.1) is 0 Å². The van der Waals surface area contributed by atoms with Crippen LogP contribution in [0.4, 0.5) is 5.95 Å². The summed E-state index contributed by atoms with van der Waals surface area (Å²) < 4.78 is 0. The highest BCUT2D eigenvalue weighted by atomic mass is 16.4. The minimum Gasteiger partial charge on any atom is -0.480 e. The zero-order chi connectivity index (χ0) is 19.2. The smallest absolute Gasteiger partial charge is 0.320 e. The van der Waals surface area contributed by atoms with Crippen LogP contribution in [0.1, 0.15) is 16.8 Å². The van der Waals surface area contributed by atoms with E-state index in [1.807, 2.05) is 54.6 Å². The molecule has 3 rings (SSSR count). The molecule has 3 aromatic rings. The first-order chi connectivity index (χ1) is 13.0. The van der Waals surface area contributed by atoms with Gasteiger partial charge < -0.3 is 16.6 Å². The largest absolute Gasteiger partial charge is 0.480 e. The zero-order valence-corrected chi connectivity index (χ0v) is 14.5. The highest BCUT2D eigenvalue weighted by Crippen LogP contribution is 2.19. The Kier molecular flexibility index (Phi) is 5.45. The Hall–Kier alpha value is -3.69. The molecular weight excluding hydrogens is 340 g/mol. The average Bonchev–Trinajstić information content (AvgIpc) is 2.67. The number of aliphatic carboxylic acids is 1.